The van der Waals surface area contributed by atoms with Crippen molar-refractivity contribution in [3.8, 4) is 5.75 Å². The predicted octanol–water partition coefficient (Wildman–Crippen LogP) is 4.12. The molecule has 1 aromatic rings. The molecule has 0 aliphatic heterocycles. The minimum absolute atomic E-state index is 0.181. The Morgan fingerprint density at radius 2 is 1.86 bits per heavy atom. The molecular weight excluding hydrogens is 376 g/mol. The largest absolute Gasteiger partial charge is 0.489 e. The van der Waals surface area contributed by atoms with Crippen LogP contribution in [0.15, 0.2) is 24.3 Å². The molecule has 1 rings (SSSR count). The molecule has 0 aromatic heterocycles. The molecule has 1 aromatic carbocycles. The van der Waals surface area contributed by atoms with Crippen LogP contribution in [0.1, 0.15) is 5.56 Å². The van der Waals surface area contributed by atoms with Gasteiger partial charge in [0.05, 0.1) is 0 Å². The van der Waals surface area contributed by atoms with Gasteiger partial charge in [-0.25, -0.2) is 0 Å². The van der Waals surface area contributed by atoms with E-state index >= 15 is 0 Å². The summed E-state index contributed by atoms with van der Waals surface area (Å²) < 4.78 is 5.74. The Labute approximate surface area is 110 Å². The maximum Gasteiger partial charge on any atom is 0.120 e. The Hall–Kier alpha value is 0.460. The van der Waals surface area contributed by atoms with Crippen molar-refractivity contribution in [1.82, 2.24) is 0 Å². The standard InChI is InChI=1S/C10H11Br3O/c11-5-8-2-1-3-9(4-8)14-10(6-12)7-13/h1-4,10H,5-7H2. The predicted molar refractivity (Wildman–Crippen MR) is 71.1 cm³/mol. The highest BCUT2D eigenvalue weighted by Gasteiger charge is 2.06. The first-order valence-electron chi connectivity index (χ1n) is 4.23. The van der Waals surface area contributed by atoms with E-state index < -0.39 is 0 Å². The molecule has 0 unspecified atom stereocenters. The molecule has 0 saturated heterocycles. The van der Waals surface area contributed by atoms with Gasteiger partial charge in [-0.2, -0.15) is 0 Å². The molecule has 0 aliphatic rings. The number of rotatable bonds is 5. The van der Waals surface area contributed by atoms with Crippen molar-refractivity contribution in [3.05, 3.63) is 29.8 Å². The van der Waals surface area contributed by atoms with Crippen molar-refractivity contribution in [2.75, 3.05) is 10.7 Å². The second-order valence-electron chi connectivity index (χ2n) is 2.83. The lowest BCUT2D eigenvalue weighted by molar-refractivity contribution is 0.254. The highest BCUT2D eigenvalue weighted by molar-refractivity contribution is 9.09. The smallest absolute Gasteiger partial charge is 0.120 e. The van der Waals surface area contributed by atoms with Gasteiger partial charge in [-0.3, -0.25) is 0 Å². The van der Waals surface area contributed by atoms with Gasteiger partial charge in [-0.05, 0) is 17.7 Å². The molecular formula is C10H11Br3O. The summed E-state index contributed by atoms with van der Waals surface area (Å²) in [6.45, 7) is 0. The topological polar surface area (TPSA) is 9.23 Å². The van der Waals surface area contributed by atoms with Gasteiger partial charge in [-0.15, -0.1) is 0 Å². The molecule has 4 heteroatoms. The van der Waals surface area contributed by atoms with E-state index in [2.05, 4.69) is 53.9 Å². The number of hydrogen-bond acceptors (Lipinski definition) is 1. The lowest BCUT2D eigenvalue weighted by Crippen LogP contribution is -2.19. The van der Waals surface area contributed by atoms with E-state index in [0.717, 1.165) is 21.7 Å². The first kappa shape index (κ1) is 12.5. The van der Waals surface area contributed by atoms with Crippen LogP contribution in [0.2, 0.25) is 0 Å². The monoisotopic (exact) mass is 384 g/mol. The Kier molecular flexibility index (Phi) is 6.13. The van der Waals surface area contributed by atoms with Crippen LogP contribution in [0.4, 0.5) is 0 Å². The van der Waals surface area contributed by atoms with Crippen LogP contribution in [-0.2, 0) is 5.33 Å². The summed E-state index contributed by atoms with van der Waals surface area (Å²) in [7, 11) is 0. The maximum absolute atomic E-state index is 5.74. The molecule has 0 spiro atoms. The molecule has 1 nitrogen and oxygen atoms in total. The van der Waals surface area contributed by atoms with E-state index in [9.17, 15) is 0 Å². The summed E-state index contributed by atoms with van der Waals surface area (Å²) in [5.74, 6) is 0.922. The van der Waals surface area contributed by atoms with Gasteiger partial charge in [-0.1, -0.05) is 59.9 Å². The molecule has 0 heterocycles. The average molecular weight is 387 g/mol. The van der Waals surface area contributed by atoms with Crippen LogP contribution >= 0.6 is 47.8 Å². The van der Waals surface area contributed by atoms with Gasteiger partial charge >= 0.3 is 0 Å². The van der Waals surface area contributed by atoms with Crippen LogP contribution in [0.3, 0.4) is 0 Å². The number of hydrogen-bond donors (Lipinski definition) is 0. The van der Waals surface area contributed by atoms with Crippen LogP contribution in [0, 0.1) is 0 Å². The van der Waals surface area contributed by atoms with E-state index in [-0.39, 0.29) is 6.10 Å². The van der Waals surface area contributed by atoms with Crippen molar-refractivity contribution in [1.29, 1.82) is 0 Å². The van der Waals surface area contributed by atoms with E-state index in [1.54, 1.807) is 0 Å². The molecule has 0 amide bonds. The summed E-state index contributed by atoms with van der Waals surface area (Å²) in [5, 5.41) is 2.52. The zero-order chi connectivity index (χ0) is 10.4. The SMILES string of the molecule is BrCc1cccc(OC(CBr)CBr)c1. The lowest BCUT2D eigenvalue weighted by atomic mass is 10.2. The molecule has 0 saturated carbocycles. The summed E-state index contributed by atoms with van der Waals surface area (Å²) in [6.07, 6.45) is 0.181. The Morgan fingerprint density at radius 1 is 1.14 bits per heavy atom. The van der Waals surface area contributed by atoms with Crippen molar-refractivity contribution < 1.29 is 4.74 Å². The first-order valence-corrected chi connectivity index (χ1v) is 7.60. The zero-order valence-electron chi connectivity index (χ0n) is 7.55. The summed E-state index contributed by atoms with van der Waals surface area (Å²) in [5.41, 5.74) is 1.23. The third-order valence-electron chi connectivity index (χ3n) is 1.70. The Morgan fingerprint density at radius 3 is 2.43 bits per heavy atom. The van der Waals surface area contributed by atoms with E-state index in [4.69, 9.17) is 4.74 Å². The van der Waals surface area contributed by atoms with Crippen molar-refractivity contribution in [3.63, 3.8) is 0 Å². The quantitative estimate of drug-likeness (QED) is 0.692. The van der Waals surface area contributed by atoms with Crippen LogP contribution < -0.4 is 4.74 Å². The second-order valence-corrected chi connectivity index (χ2v) is 4.69. The third-order valence-corrected chi connectivity index (χ3v) is 3.79. The van der Waals surface area contributed by atoms with E-state index in [1.807, 2.05) is 18.2 Å². The Bertz CT molecular complexity index is 274. The van der Waals surface area contributed by atoms with Crippen molar-refractivity contribution in [2.45, 2.75) is 11.4 Å². The fourth-order valence-electron chi connectivity index (χ4n) is 0.999. The average Bonchev–Trinajstić information content (AvgIpc) is 2.26. The van der Waals surface area contributed by atoms with Gasteiger partial charge < -0.3 is 4.74 Å². The van der Waals surface area contributed by atoms with E-state index in [1.165, 1.54) is 5.56 Å². The minimum Gasteiger partial charge on any atom is -0.489 e. The van der Waals surface area contributed by atoms with Crippen LogP contribution in [0.25, 0.3) is 0 Å². The fraction of sp³-hybridized carbons (Fsp3) is 0.400. The van der Waals surface area contributed by atoms with Crippen molar-refractivity contribution >= 4 is 47.8 Å². The molecule has 78 valence electrons. The second kappa shape index (κ2) is 6.85. The fourth-order valence-corrected chi connectivity index (χ4v) is 2.68. The molecule has 0 atom stereocenters. The lowest BCUT2D eigenvalue weighted by Gasteiger charge is -2.14. The van der Waals surface area contributed by atoms with Gasteiger partial charge in [0.2, 0.25) is 0 Å². The highest BCUT2D eigenvalue weighted by atomic mass is 79.9. The number of benzene rings is 1. The van der Waals surface area contributed by atoms with Gasteiger partial charge in [0.15, 0.2) is 0 Å². The molecule has 0 bridgehead atoms. The summed E-state index contributed by atoms with van der Waals surface area (Å²) >= 11 is 10.2. The normalized spacial score (nSPS) is 10.6. The maximum atomic E-state index is 5.74. The Balaban J connectivity index is 2.65. The molecule has 0 fully saturated rings. The van der Waals surface area contributed by atoms with Gasteiger partial charge in [0.1, 0.15) is 11.9 Å². The molecule has 0 N–H and O–H groups in total. The number of ether oxygens (including phenoxy) is 1. The third kappa shape index (κ3) is 3.91. The highest BCUT2D eigenvalue weighted by Crippen LogP contribution is 2.17. The van der Waals surface area contributed by atoms with Gasteiger partial charge in [0, 0.05) is 16.0 Å². The van der Waals surface area contributed by atoms with Gasteiger partial charge in [0.25, 0.3) is 0 Å². The summed E-state index contributed by atoms with van der Waals surface area (Å²) in [4.78, 5) is 0. The zero-order valence-corrected chi connectivity index (χ0v) is 12.3. The molecule has 0 aliphatic carbocycles. The minimum atomic E-state index is 0.181. The van der Waals surface area contributed by atoms with Crippen LogP contribution in [0.5, 0.6) is 5.75 Å². The van der Waals surface area contributed by atoms with E-state index in [0.29, 0.717) is 0 Å². The van der Waals surface area contributed by atoms with Crippen LogP contribution in [-0.4, -0.2) is 16.8 Å². The molecule has 0 radical (unpaired) electrons. The van der Waals surface area contributed by atoms with Crippen molar-refractivity contribution in [2.24, 2.45) is 0 Å². The number of alkyl halides is 3. The molecule has 14 heavy (non-hydrogen) atoms. The number of halogens is 3. The summed E-state index contributed by atoms with van der Waals surface area (Å²) in [6, 6.07) is 8.10. The first-order chi connectivity index (χ1) is 6.80.